The van der Waals surface area contributed by atoms with Crippen LogP contribution in [0, 0.1) is 0 Å². The van der Waals surface area contributed by atoms with Crippen LogP contribution in [-0.2, 0) is 11.3 Å². The van der Waals surface area contributed by atoms with E-state index < -0.39 is 0 Å². The zero-order valence-electron chi connectivity index (χ0n) is 21.1. The molecule has 5 rings (SSSR count). The molecule has 3 aromatic carbocycles. The summed E-state index contributed by atoms with van der Waals surface area (Å²) >= 11 is 0. The number of carbonyl (C=O) groups is 1. The predicted molar refractivity (Wildman–Crippen MR) is 145 cm³/mol. The average molecular weight is 482 g/mol. The molecule has 0 amide bonds. The number of methoxy groups -OCH3 is 1. The van der Waals surface area contributed by atoms with E-state index in [0.29, 0.717) is 11.6 Å². The first-order valence-electron chi connectivity index (χ1n) is 13.0. The molecule has 0 saturated carbocycles. The average Bonchev–Trinajstić information content (AvgIpc) is 3.36. The molecule has 2 heterocycles. The summed E-state index contributed by atoms with van der Waals surface area (Å²) in [6, 6.07) is 30.0. The third-order valence-corrected chi connectivity index (χ3v) is 7.32. The molecule has 1 aliphatic heterocycles. The molecule has 186 valence electrons. The van der Waals surface area contributed by atoms with Gasteiger partial charge in [-0.3, -0.25) is 4.90 Å². The van der Waals surface area contributed by atoms with Crippen molar-refractivity contribution in [1.82, 2.24) is 14.4 Å². The van der Waals surface area contributed by atoms with Gasteiger partial charge in [-0.05, 0) is 42.6 Å². The summed E-state index contributed by atoms with van der Waals surface area (Å²) in [6.45, 7) is 6.34. The Bertz CT molecular complexity index is 1220. The Balaban J connectivity index is 1.15. The van der Waals surface area contributed by atoms with Crippen molar-refractivity contribution in [1.29, 1.82) is 0 Å². The Morgan fingerprint density at radius 1 is 0.778 bits per heavy atom. The van der Waals surface area contributed by atoms with Crippen LogP contribution in [0.5, 0.6) is 0 Å². The number of fused-ring (bicyclic) bond motifs is 1. The van der Waals surface area contributed by atoms with Gasteiger partial charge >= 0.3 is 5.97 Å². The Morgan fingerprint density at radius 3 is 2.06 bits per heavy atom. The Labute approximate surface area is 213 Å². The summed E-state index contributed by atoms with van der Waals surface area (Å²) in [7, 11) is 1.44. The second-order valence-corrected chi connectivity index (χ2v) is 9.55. The number of para-hydroxylation sites is 1. The molecule has 5 heteroatoms. The van der Waals surface area contributed by atoms with Gasteiger partial charge in [0.25, 0.3) is 0 Å². The highest BCUT2D eigenvalue weighted by Gasteiger charge is 2.26. The van der Waals surface area contributed by atoms with Crippen molar-refractivity contribution >= 4 is 16.9 Å². The molecule has 0 aliphatic carbocycles. The van der Waals surface area contributed by atoms with E-state index in [4.69, 9.17) is 4.74 Å². The molecule has 1 aliphatic rings. The molecule has 0 N–H and O–H groups in total. The maximum atomic E-state index is 12.2. The summed E-state index contributed by atoms with van der Waals surface area (Å²) in [6.07, 6.45) is 4.31. The first-order chi connectivity index (χ1) is 17.7. The highest BCUT2D eigenvalue weighted by Crippen LogP contribution is 2.29. The second kappa shape index (κ2) is 11.5. The van der Waals surface area contributed by atoms with Crippen LogP contribution in [0.4, 0.5) is 0 Å². The van der Waals surface area contributed by atoms with Gasteiger partial charge in [0, 0.05) is 44.3 Å². The normalized spacial score (nSPS) is 14.9. The lowest BCUT2D eigenvalue weighted by Gasteiger charge is -2.40. The van der Waals surface area contributed by atoms with Crippen molar-refractivity contribution in [3.63, 3.8) is 0 Å². The summed E-state index contributed by atoms with van der Waals surface area (Å²) < 4.78 is 7.19. The van der Waals surface area contributed by atoms with Crippen molar-refractivity contribution in [2.24, 2.45) is 0 Å². The summed E-state index contributed by atoms with van der Waals surface area (Å²) in [5, 5.41) is 1.08. The van der Waals surface area contributed by atoms with Gasteiger partial charge in [-0.25, -0.2) is 4.79 Å². The molecule has 0 unspecified atom stereocenters. The smallest absolute Gasteiger partial charge is 0.340 e. The predicted octanol–water partition coefficient (Wildman–Crippen LogP) is 5.62. The number of esters is 1. The number of nitrogens with zero attached hydrogens (tertiary/aromatic N) is 3. The summed E-state index contributed by atoms with van der Waals surface area (Å²) in [4.78, 5) is 17.4. The molecule has 1 saturated heterocycles. The minimum Gasteiger partial charge on any atom is -0.465 e. The minimum atomic E-state index is -0.275. The van der Waals surface area contributed by atoms with E-state index in [1.807, 2.05) is 12.1 Å². The van der Waals surface area contributed by atoms with E-state index >= 15 is 0 Å². The van der Waals surface area contributed by atoms with E-state index in [0.717, 1.165) is 63.0 Å². The van der Waals surface area contributed by atoms with Crippen LogP contribution in [0.25, 0.3) is 10.9 Å². The van der Waals surface area contributed by atoms with Crippen LogP contribution < -0.4 is 0 Å². The fourth-order valence-corrected chi connectivity index (χ4v) is 5.47. The van der Waals surface area contributed by atoms with Gasteiger partial charge in [-0.2, -0.15) is 0 Å². The van der Waals surface area contributed by atoms with Crippen LogP contribution >= 0.6 is 0 Å². The Hall–Kier alpha value is -3.41. The number of hydrogen-bond acceptors (Lipinski definition) is 4. The summed E-state index contributed by atoms with van der Waals surface area (Å²) in [5.74, 6) is -0.275. The van der Waals surface area contributed by atoms with E-state index in [-0.39, 0.29) is 5.97 Å². The van der Waals surface area contributed by atoms with E-state index in [9.17, 15) is 4.79 Å². The number of aryl methyl sites for hydroxylation is 1. The van der Waals surface area contributed by atoms with Crippen LogP contribution in [-0.4, -0.2) is 60.2 Å². The molecule has 5 nitrogen and oxygen atoms in total. The lowest BCUT2D eigenvalue weighted by atomic mass is 9.96. The number of piperazine rings is 1. The SMILES string of the molecule is COC(=O)c1cccc2ccn(CCCCN3CCN(C(c4ccccc4)c4ccccc4)CC3)c12. The quantitative estimate of drug-likeness (QED) is 0.230. The first-order valence-corrected chi connectivity index (χ1v) is 13.0. The number of carbonyl (C=O) groups excluding carboxylic acids is 1. The molecule has 1 fully saturated rings. The lowest BCUT2D eigenvalue weighted by Crippen LogP contribution is -2.48. The molecular weight excluding hydrogens is 446 g/mol. The first kappa shape index (κ1) is 24.3. The molecule has 0 radical (unpaired) electrons. The molecule has 36 heavy (non-hydrogen) atoms. The van der Waals surface area contributed by atoms with Crippen LogP contribution in [0.2, 0.25) is 0 Å². The van der Waals surface area contributed by atoms with E-state index in [2.05, 4.69) is 93.4 Å². The van der Waals surface area contributed by atoms with Gasteiger partial charge in [0.05, 0.1) is 24.2 Å². The molecular formula is C31H35N3O2. The fraction of sp³-hybridized carbons (Fsp3) is 0.323. The monoisotopic (exact) mass is 481 g/mol. The van der Waals surface area contributed by atoms with Crippen molar-refractivity contribution in [2.75, 3.05) is 39.8 Å². The molecule has 1 aromatic heterocycles. The van der Waals surface area contributed by atoms with Crippen molar-refractivity contribution in [2.45, 2.75) is 25.4 Å². The zero-order chi connectivity index (χ0) is 24.7. The van der Waals surface area contributed by atoms with Crippen molar-refractivity contribution in [3.05, 3.63) is 108 Å². The molecule has 0 spiro atoms. The number of benzene rings is 3. The number of rotatable bonds is 9. The maximum absolute atomic E-state index is 12.2. The van der Waals surface area contributed by atoms with Gasteiger partial charge < -0.3 is 14.2 Å². The second-order valence-electron chi connectivity index (χ2n) is 9.55. The molecule has 0 bridgehead atoms. The Morgan fingerprint density at radius 2 is 1.42 bits per heavy atom. The van der Waals surface area contributed by atoms with Crippen LogP contribution in [0.3, 0.4) is 0 Å². The van der Waals surface area contributed by atoms with Gasteiger partial charge in [-0.1, -0.05) is 72.8 Å². The van der Waals surface area contributed by atoms with Gasteiger partial charge in [0.2, 0.25) is 0 Å². The topological polar surface area (TPSA) is 37.7 Å². The Kier molecular flexibility index (Phi) is 7.79. The third-order valence-electron chi connectivity index (χ3n) is 7.32. The van der Waals surface area contributed by atoms with Crippen LogP contribution in [0.15, 0.2) is 91.1 Å². The number of ether oxygens (including phenoxy) is 1. The lowest BCUT2D eigenvalue weighted by molar-refractivity contribution is 0.0602. The summed E-state index contributed by atoms with van der Waals surface area (Å²) in [5.41, 5.74) is 4.35. The number of unbranched alkanes of at least 4 members (excludes halogenated alkanes) is 1. The highest BCUT2D eigenvalue weighted by molar-refractivity contribution is 6.03. The van der Waals surface area contributed by atoms with Gasteiger partial charge in [0.1, 0.15) is 0 Å². The van der Waals surface area contributed by atoms with Gasteiger partial charge in [-0.15, -0.1) is 0 Å². The van der Waals surface area contributed by atoms with Crippen molar-refractivity contribution < 1.29 is 9.53 Å². The van der Waals surface area contributed by atoms with Crippen molar-refractivity contribution in [3.8, 4) is 0 Å². The molecule has 4 aromatic rings. The standard InChI is InChI=1S/C31H35N3O2/c1-36-31(35)28-16-10-15-27-17-20-33(30(27)28)19-9-8-18-32-21-23-34(24-22-32)29(25-11-4-2-5-12-25)26-13-6-3-7-14-26/h2-7,10-17,20,29H,8-9,18-19,21-24H2,1H3. The highest BCUT2D eigenvalue weighted by atomic mass is 16.5. The zero-order valence-corrected chi connectivity index (χ0v) is 21.1. The van der Waals surface area contributed by atoms with Gasteiger partial charge in [0.15, 0.2) is 0 Å². The number of hydrogen-bond donors (Lipinski definition) is 0. The molecule has 0 atom stereocenters. The van der Waals surface area contributed by atoms with E-state index in [1.165, 1.54) is 18.2 Å². The van der Waals surface area contributed by atoms with E-state index in [1.54, 1.807) is 0 Å². The third kappa shape index (κ3) is 5.38. The number of aromatic nitrogens is 1. The largest absolute Gasteiger partial charge is 0.465 e. The minimum absolute atomic E-state index is 0.275. The fourth-order valence-electron chi connectivity index (χ4n) is 5.47. The maximum Gasteiger partial charge on any atom is 0.340 e. The van der Waals surface area contributed by atoms with Crippen LogP contribution in [0.1, 0.15) is 40.4 Å².